The Balaban J connectivity index is 1.15. The van der Waals surface area contributed by atoms with Crippen LogP contribution in [-0.2, 0) is 16.1 Å². The molecule has 0 unspecified atom stereocenters. The van der Waals surface area contributed by atoms with Crippen LogP contribution >= 0.6 is 22.7 Å². The minimum atomic E-state index is -0.644. The summed E-state index contributed by atoms with van der Waals surface area (Å²) in [5.41, 5.74) is 2.02. The summed E-state index contributed by atoms with van der Waals surface area (Å²) in [5, 5.41) is 2.91. The van der Waals surface area contributed by atoms with Crippen molar-refractivity contribution in [3.8, 4) is 5.19 Å². The second kappa shape index (κ2) is 9.45. The first-order valence-corrected chi connectivity index (χ1v) is 11.5. The van der Waals surface area contributed by atoms with Gasteiger partial charge in [0, 0.05) is 9.75 Å². The predicted octanol–water partition coefficient (Wildman–Crippen LogP) is 6.64. The van der Waals surface area contributed by atoms with Gasteiger partial charge in [-0.3, -0.25) is 0 Å². The highest BCUT2D eigenvalue weighted by Crippen LogP contribution is 2.37. The van der Waals surface area contributed by atoms with Crippen molar-refractivity contribution < 1.29 is 19.0 Å². The molecule has 0 N–H and O–H groups in total. The summed E-state index contributed by atoms with van der Waals surface area (Å²) >= 11 is 3.36. The van der Waals surface area contributed by atoms with E-state index in [9.17, 15) is 4.79 Å². The molecular formula is C23H23NO4S2. The number of hydrogen-bond donors (Lipinski definition) is 0. The average Bonchev–Trinajstić information content (AvgIpc) is 3.29. The van der Waals surface area contributed by atoms with Crippen LogP contribution in [0.2, 0.25) is 0 Å². The maximum absolute atomic E-state index is 11.9. The molecule has 0 aliphatic rings. The first kappa shape index (κ1) is 20.6. The molecule has 0 atom stereocenters. The number of thiophene rings is 1. The number of fused-ring (bicyclic) bond motifs is 2. The number of aromatic nitrogens is 1. The van der Waals surface area contributed by atoms with E-state index in [4.69, 9.17) is 14.2 Å². The highest BCUT2D eigenvalue weighted by atomic mass is 32.1. The van der Waals surface area contributed by atoms with E-state index in [0.717, 1.165) is 28.3 Å². The smallest absolute Gasteiger partial charge is 0.470 e. The molecule has 30 heavy (non-hydrogen) atoms. The van der Waals surface area contributed by atoms with Gasteiger partial charge in [-0.2, -0.15) is 0 Å². The maximum Gasteiger partial charge on any atom is 0.508 e. The summed E-state index contributed by atoms with van der Waals surface area (Å²) in [6.45, 7) is 5.25. The van der Waals surface area contributed by atoms with Crippen molar-refractivity contribution in [2.24, 2.45) is 0 Å². The van der Waals surface area contributed by atoms with Crippen molar-refractivity contribution in [3.05, 3.63) is 57.8 Å². The van der Waals surface area contributed by atoms with Crippen molar-refractivity contribution in [1.82, 2.24) is 4.98 Å². The predicted molar refractivity (Wildman–Crippen MR) is 122 cm³/mol. The fourth-order valence-electron chi connectivity index (χ4n) is 3.28. The van der Waals surface area contributed by atoms with Crippen LogP contribution < -0.4 is 4.74 Å². The molecule has 0 aliphatic carbocycles. The molecule has 4 aromatic rings. The fraction of sp³-hybridized carbons (Fsp3) is 0.304. The summed E-state index contributed by atoms with van der Waals surface area (Å²) < 4.78 is 17.4. The monoisotopic (exact) mass is 441 g/mol. The number of unbranched alkanes of at least 4 members (excludes halogenated alkanes) is 1. The number of rotatable bonds is 8. The summed E-state index contributed by atoms with van der Waals surface area (Å²) in [6, 6.07) is 14.0. The minimum absolute atomic E-state index is 0.198. The first-order chi connectivity index (χ1) is 14.6. The van der Waals surface area contributed by atoms with E-state index in [1.54, 1.807) is 22.7 Å². The van der Waals surface area contributed by atoms with Gasteiger partial charge in [-0.1, -0.05) is 53.8 Å². The van der Waals surface area contributed by atoms with Gasteiger partial charge in [0.05, 0.1) is 23.4 Å². The molecule has 0 fully saturated rings. The largest absolute Gasteiger partial charge is 0.508 e. The Bertz CT molecular complexity index is 1120. The molecule has 0 saturated heterocycles. The molecule has 2 aromatic heterocycles. The van der Waals surface area contributed by atoms with E-state index in [1.807, 2.05) is 42.5 Å². The Morgan fingerprint density at radius 2 is 1.73 bits per heavy atom. The number of nitrogens with zero attached hydrogens (tertiary/aromatic N) is 1. The zero-order valence-electron chi connectivity index (χ0n) is 17.0. The zero-order valence-corrected chi connectivity index (χ0v) is 18.6. The SMILES string of the molecule is Cc1sc(C)c2sc(OCCCCOC(=O)OCc3cccc4ccccc34)nc12. The molecule has 2 aromatic carbocycles. The van der Waals surface area contributed by atoms with E-state index >= 15 is 0 Å². The van der Waals surface area contributed by atoms with Crippen LogP contribution in [0.3, 0.4) is 0 Å². The number of ether oxygens (including phenoxy) is 3. The lowest BCUT2D eigenvalue weighted by Gasteiger charge is -2.08. The van der Waals surface area contributed by atoms with E-state index in [-0.39, 0.29) is 6.61 Å². The van der Waals surface area contributed by atoms with Crippen LogP contribution in [-0.4, -0.2) is 24.4 Å². The van der Waals surface area contributed by atoms with Crippen molar-refractivity contribution in [1.29, 1.82) is 0 Å². The van der Waals surface area contributed by atoms with Gasteiger partial charge in [0.2, 0.25) is 0 Å². The van der Waals surface area contributed by atoms with Crippen LogP contribution in [0.1, 0.15) is 28.2 Å². The molecule has 7 heteroatoms. The molecule has 156 valence electrons. The van der Waals surface area contributed by atoms with Crippen LogP contribution in [0.5, 0.6) is 5.19 Å². The average molecular weight is 442 g/mol. The Hall–Kier alpha value is -2.64. The van der Waals surface area contributed by atoms with E-state index in [2.05, 4.69) is 18.8 Å². The van der Waals surface area contributed by atoms with E-state index in [0.29, 0.717) is 24.8 Å². The lowest BCUT2D eigenvalue weighted by molar-refractivity contribution is 0.0484. The van der Waals surface area contributed by atoms with Crippen molar-refractivity contribution in [2.45, 2.75) is 33.3 Å². The van der Waals surface area contributed by atoms with Gasteiger partial charge in [-0.25, -0.2) is 9.78 Å². The van der Waals surface area contributed by atoms with Crippen LogP contribution in [0.15, 0.2) is 42.5 Å². The van der Waals surface area contributed by atoms with Gasteiger partial charge < -0.3 is 14.2 Å². The number of benzene rings is 2. The van der Waals surface area contributed by atoms with E-state index in [1.165, 1.54) is 14.5 Å². The fourth-order valence-corrected chi connectivity index (χ4v) is 5.38. The molecule has 0 saturated carbocycles. The first-order valence-electron chi connectivity index (χ1n) is 9.87. The van der Waals surface area contributed by atoms with Crippen molar-refractivity contribution in [2.75, 3.05) is 13.2 Å². The number of carbonyl (C=O) groups is 1. The molecule has 0 bridgehead atoms. The molecule has 4 rings (SSSR count). The summed E-state index contributed by atoms with van der Waals surface area (Å²) in [7, 11) is 0. The highest BCUT2D eigenvalue weighted by molar-refractivity contribution is 7.25. The third-order valence-corrected chi connectivity index (χ3v) is 7.00. The topological polar surface area (TPSA) is 57.7 Å². The Labute approximate surface area is 183 Å². The van der Waals surface area contributed by atoms with Gasteiger partial charge in [0.1, 0.15) is 6.61 Å². The van der Waals surface area contributed by atoms with Crippen molar-refractivity contribution >= 4 is 49.8 Å². The molecule has 0 spiro atoms. The molecular weight excluding hydrogens is 418 g/mol. The third kappa shape index (κ3) is 4.74. The second-order valence-electron chi connectivity index (χ2n) is 6.95. The second-order valence-corrected chi connectivity index (χ2v) is 9.34. The summed E-state index contributed by atoms with van der Waals surface area (Å²) in [4.78, 5) is 18.9. The molecule has 0 radical (unpaired) electrons. The maximum atomic E-state index is 11.9. The highest BCUT2D eigenvalue weighted by Gasteiger charge is 2.12. The number of carbonyl (C=O) groups excluding carboxylic acids is 1. The zero-order chi connectivity index (χ0) is 20.9. The quantitative estimate of drug-likeness (QED) is 0.227. The standard InChI is InChI=1S/C23H23NO4S2/c1-15-20-21(16(2)29-15)30-22(24-20)26-12-5-6-13-27-23(25)28-14-18-10-7-9-17-8-3-4-11-19(17)18/h3-4,7-11H,5-6,12-14H2,1-2H3. The lowest BCUT2D eigenvalue weighted by atomic mass is 10.1. The number of thiazole rings is 1. The van der Waals surface area contributed by atoms with Gasteiger partial charge in [0.15, 0.2) is 0 Å². The molecule has 0 amide bonds. The van der Waals surface area contributed by atoms with Crippen LogP contribution in [0.25, 0.3) is 21.0 Å². The lowest BCUT2D eigenvalue weighted by Crippen LogP contribution is -2.09. The minimum Gasteiger partial charge on any atom is -0.470 e. The Kier molecular flexibility index (Phi) is 6.50. The van der Waals surface area contributed by atoms with Crippen molar-refractivity contribution in [3.63, 3.8) is 0 Å². The van der Waals surface area contributed by atoms with Crippen LogP contribution in [0.4, 0.5) is 4.79 Å². The molecule has 2 heterocycles. The normalized spacial score (nSPS) is 11.1. The molecule has 5 nitrogen and oxygen atoms in total. The summed E-state index contributed by atoms with van der Waals surface area (Å²) in [6.07, 6.45) is 0.844. The van der Waals surface area contributed by atoms with Gasteiger partial charge in [-0.05, 0) is 43.0 Å². The van der Waals surface area contributed by atoms with Gasteiger partial charge in [-0.15, -0.1) is 11.3 Å². The number of aryl methyl sites for hydroxylation is 2. The van der Waals surface area contributed by atoms with Gasteiger partial charge >= 0.3 is 6.16 Å². The summed E-state index contributed by atoms with van der Waals surface area (Å²) in [5.74, 6) is 0. The Morgan fingerprint density at radius 3 is 2.60 bits per heavy atom. The number of hydrogen-bond acceptors (Lipinski definition) is 7. The van der Waals surface area contributed by atoms with E-state index < -0.39 is 6.16 Å². The molecule has 0 aliphatic heterocycles. The van der Waals surface area contributed by atoms with Gasteiger partial charge in [0.25, 0.3) is 5.19 Å². The Morgan fingerprint density at radius 1 is 0.933 bits per heavy atom. The third-order valence-electron chi connectivity index (χ3n) is 4.78. The van der Waals surface area contributed by atoms with Crippen LogP contribution in [0, 0.1) is 13.8 Å².